The summed E-state index contributed by atoms with van der Waals surface area (Å²) in [5.41, 5.74) is -0.0804. The molecule has 0 bridgehead atoms. The molecule has 0 aliphatic carbocycles. The number of aldehydes is 1. The normalized spacial score (nSPS) is 14.6. The van der Waals surface area contributed by atoms with Gasteiger partial charge in [0.25, 0.3) is 0 Å². The molecule has 0 aromatic carbocycles. The second-order valence-electron chi connectivity index (χ2n) is 2.94. The zero-order valence-electron chi connectivity index (χ0n) is 9.98. The summed E-state index contributed by atoms with van der Waals surface area (Å²) in [5, 5.41) is 4.78. The minimum absolute atomic E-state index is 0.0804. The molecular formula is C12H13F3N2O. The van der Waals surface area contributed by atoms with Gasteiger partial charge in [-0.3, -0.25) is 4.79 Å². The van der Waals surface area contributed by atoms with Crippen LogP contribution in [0.15, 0.2) is 53.2 Å². The smallest absolute Gasteiger partial charge is 0.156 e. The Hall–Kier alpha value is -2.11. The number of carbonyl (C=O) groups is 1. The molecule has 98 valence electrons. The summed E-state index contributed by atoms with van der Waals surface area (Å²) in [6.07, 6.45) is 5.87. The summed E-state index contributed by atoms with van der Waals surface area (Å²) in [5.74, 6) is -2.20. The van der Waals surface area contributed by atoms with Crippen molar-refractivity contribution in [2.45, 2.75) is 13.8 Å². The van der Waals surface area contributed by atoms with Gasteiger partial charge >= 0.3 is 0 Å². The van der Waals surface area contributed by atoms with E-state index in [2.05, 4.69) is 5.10 Å². The minimum Gasteiger partial charge on any atom is -0.299 e. The second-order valence-corrected chi connectivity index (χ2v) is 2.94. The van der Waals surface area contributed by atoms with E-state index < -0.39 is 11.7 Å². The average Bonchev–Trinajstić information content (AvgIpc) is 2.33. The Morgan fingerprint density at radius 1 is 1.33 bits per heavy atom. The maximum Gasteiger partial charge on any atom is 0.156 e. The van der Waals surface area contributed by atoms with Gasteiger partial charge in [-0.25, -0.2) is 18.2 Å². The molecule has 0 aliphatic rings. The van der Waals surface area contributed by atoms with Crippen LogP contribution in [0, 0.1) is 0 Å². The Balaban J connectivity index is 5.47. The van der Waals surface area contributed by atoms with Crippen molar-refractivity contribution in [2.24, 2.45) is 5.10 Å². The Bertz CT molecular complexity index is 419. The molecule has 3 nitrogen and oxygen atoms in total. The van der Waals surface area contributed by atoms with Gasteiger partial charge in [0.1, 0.15) is 12.1 Å². The molecule has 0 atom stereocenters. The molecule has 0 heterocycles. The lowest BCUT2D eigenvalue weighted by Gasteiger charge is -2.14. The fourth-order valence-corrected chi connectivity index (χ4v) is 0.917. The molecule has 0 aromatic rings. The highest BCUT2D eigenvalue weighted by Gasteiger charge is 2.05. The van der Waals surface area contributed by atoms with E-state index in [1.807, 2.05) is 0 Å². The van der Waals surface area contributed by atoms with E-state index in [1.54, 1.807) is 6.92 Å². The zero-order chi connectivity index (χ0) is 14.0. The van der Waals surface area contributed by atoms with Crippen LogP contribution in [0.3, 0.4) is 0 Å². The Labute approximate surface area is 103 Å². The Morgan fingerprint density at radius 2 is 2.00 bits per heavy atom. The minimum atomic E-state index is -1.15. The van der Waals surface area contributed by atoms with Crippen molar-refractivity contribution in [3.8, 4) is 0 Å². The predicted octanol–water partition coefficient (Wildman–Crippen LogP) is 3.54. The molecule has 0 saturated heterocycles. The summed E-state index contributed by atoms with van der Waals surface area (Å²) in [4.78, 5) is 10.2. The maximum atomic E-state index is 13.1. The molecule has 0 N–H and O–H groups in total. The molecule has 0 saturated carbocycles. The SMILES string of the molecule is C/C=N/N(/C=C\C=O)C(/C=C/F)=C/C(F)=C(\C)F. The number of halogens is 3. The van der Waals surface area contributed by atoms with Crippen molar-refractivity contribution in [1.29, 1.82) is 0 Å². The number of allylic oxidation sites excluding steroid dienone is 5. The first-order valence-corrected chi connectivity index (χ1v) is 4.97. The van der Waals surface area contributed by atoms with Crippen molar-refractivity contribution < 1.29 is 18.0 Å². The van der Waals surface area contributed by atoms with Crippen molar-refractivity contribution >= 4 is 12.5 Å². The van der Waals surface area contributed by atoms with Crippen LogP contribution in [0.2, 0.25) is 0 Å². The lowest BCUT2D eigenvalue weighted by molar-refractivity contribution is -0.104. The lowest BCUT2D eigenvalue weighted by Crippen LogP contribution is -2.08. The summed E-state index contributed by atoms with van der Waals surface area (Å²) in [7, 11) is 0. The maximum absolute atomic E-state index is 13.1. The first kappa shape index (κ1) is 15.9. The summed E-state index contributed by atoms with van der Waals surface area (Å²) < 4.78 is 37.9. The fourth-order valence-electron chi connectivity index (χ4n) is 0.917. The number of hydrogen-bond donors (Lipinski definition) is 0. The first-order valence-electron chi connectivity index (χ1n) is 4.97. The second kappa shape index (κ2) is 8.98. The van der Waals surface area contributed by atoms with Gasteiger partial charge in [0.15, 0.2) is 5.83 Å². The summed E-state index contributed by atoms with van der Waals surface area (Å²) in [6.45, 7) is 2.50. The Morgan fingerprint density at radius 3 is 2.44 bits per heavy atom. The van der Waals surface area contributed by atoms with Gasteiger partial charge in [0.05, 0.1) is 12.0 Å². The molecule has 0 radical (unpaired) electrons. The molecule has 0 aliphatic heterocycles. The highest BCUT2D eigenvalue weighted by atomic mass is 19.2. The van der Waals surface area contributed by atoms with Gasteiger partial charge in [0.2, 0.25) is 0 Å². The largest absolute Gasteiger partial charge is 0.299 e. The van der Waals surface area contributed by atoms with Crippen LogP contribution in [-0.2, 0) is 4.79 Å². The van der Waals surface area contributed by atoms with Gasteiger partial charge in [-0.05, 0) is 26.0 Å². The van der Waals surface area contributed by atoms with E-state index in [9.17, 15) is 18.0 Å². The van der Waals surface area contributed by atoms with E-state index >= 15 is 0 Å². The zero-order valence-corrected chi connectivity index (χ0v) is 9.98. The Kier molecular flexibility index (Phi) is 7.92. The third-order valence-electron chi connectivity index (χ3n) is 1.65. The molecule has 0 spiro atoms. The molecule has 0 amide bonds. The average molecular weight is 258 g/mol. The van der Waals surface area contributed by atoms with Crippen molar-refractivity contribution in [2.75, 3.05) is 0 Å². The van der Waals surface area contributed by atoms with Gasteiger partial charge in [-0.15, -0.1) is 0 Å². The number of carbonyl (C=O) groups excluding carboxylic acids is 1. The quantitative estimate of drug-likeness (QED) is 0.240. The number of nitrogens with zero attached hydrogens (tertiary/aromatic N) is 2. The number of rotatable bonds is 6. The highest BCUT2D eigenvalue weighted by molar-refractivity contribution is 5.64. The molecule has 0 unspecified atom stereocenters. The van der Waals surface area contributed by atoms with E-state index in [1.165, 1.54) is 12.4 Å². The van der Waals surface area contributed by atoms with Gasteiger partial charge in [-0.1, -0.05) is 0 Å². The molecular weight excluding hydrogens is 245 g/mol. The van der Waals surface area contributed by atoms with Gasteiger partial charge in [0, 0.05) is 18.5 Å². The van der Waals surface area contributed by atoms with Crippen LogP contribution < -0.4 is 0 Å². The highest BCUT2D eigenvalue weighted by Crippen LogP contribution is 2.16. The third kappa shape index (κ3) is 5.83. The van der Waals surface area contributed by atoms with E-state index in [0.29, 0.717) is 6.29 Å². The van der Waals surface area contributed by atoms with E-state index in [0.717, 1.165) is 30.2 Å². The van der Waals surface area contributed by atoms with Crippen LogP contribution in [0.1, 0.15) is 13.8 Å². The molecule has 6 heteroatoms. The lowest BCUT2D eigenvalue weighted by atomic mass is 10.3. The standard InChI is InChI=1S/C12H13F3N2O/c1-3-16-17(7-4-8-18)11(5-6-13)9-12(15)10(2)14/h3-9H,1-2H3/b6-5+,7-4-,11-9+,12-10-,16-3+. The van der Waals surface area contributed by atoms with E-state index in [-0.39, 0.29) is 12.0 Å². The molecule has 0 rings (SSSR count). The van der Waals surface area contributed by atoms with Gasteiger partial charge in [-0.2, -0.15) is 5.10 Å². The third-order valence-corrected chi connectivity index (χ3v) is 1.65. The number of hydrazone groups is 1. The van der Waals surface area contributed by atoms with Crippen molar-refractivity contribution in [3.05, 3.63) is 48.1 Å². The van der Waals surface area contributed by atoms with E-state index in [4.69, 9.17) is 0 Å². The number of hydrogen-bond acceptors (Lipinski definition) is 3. The molecule has 0 fully saturated rings. The van der Waals surface area contributed by atoms with Crippen LogP contribution in [0.5, 0.6) is 0 Å². The topological polar surface area (TPSA) is 32.7 Å². The predicted molar refractivity (Wildman–Crippen MR) is 64.5 cm³/mol. The monoisotopic (exact) mass is 258 g/mol. The van der Waals surface area contributed by atoms with Crippen LogP contribution in [0.25, 0.3) is 0 Å². The van der Waals surface area contributed by atoms with Crippen molar-refractivity contribution in [3.63, 3.8) is 0 Å². The summed E-state index contributed by atoms with van der Waals surface area (Å²) >= 11 is 0. The molecule has 0 aromatic heterocycles. The van der Waals surface area contributed by atoms with Crippen molar-refractivity contribution in [1.82, 2.24) is 5.01 Å². The first-order chi connectivity index (χ1) is 8.56. The fraction of sp³-hybridized carbons (Fsp3) is 0.167. The van der Waals surface area contributed by atoms with Crippen LogP contribution >= 0.6 is 0 Å². The van der Waals surface area contributed by atoms with Gasteiger partial charge < -0.3 is 0 Å². The molecule has 18 heavy (non-hydrogen) atoms. The summed E-state index contributed by atoms with van der Waals surface area (Å²) in [6, 6.07) is 0. The van der Waals surface area contributed by atoms with Crippen LogP contribution in [-0.4, -0.2) is 17.5 Å². The van der Waals surface area contributed by atoms with Crippen LogP contribution in [0.4, 0.5) is 13.2 Å².